The molecule has 1 N–H and O–H groups in total. The number of thiophene rings is 1. The maximum Gasteiger partial charge on any atom is 0.193 e. The number of para-hydroxylation sites is 1. The summed E-state index contributed by atoms with van der Waals surface area (Å²) < 4.78 is 0. The fraction of sp³-hybridized carbons (Fsp3) is 0.294. The predicted molar refractivity (Wildman–Crippen MR) is 101 cm³/mol. The largest absolute Gasteiger partial charge is 0.331 e. The first-order valence-corrected chi connectivity index (χ1v) is 8.67. The van der Waals surface area contributed by atoms with Crippen molar-refractivity contribution in [2.45, 2.75) is 26.7 Å². The molecule has 5 heteroatoms. The van der Waals surface area contributed by atoms with Crippen LogP contribution in [-0.4, -0.2) is 23.4 Å². The van der Waals surface area contributed by atoms with Gasteiger partial charge in [0, 0.05) is 17.6 Å². The first-order chi connectivity index (χ1) is 10.7. The Morgan fingerprint density at radius 2 is 1.91 bits per heavy atom. The molecular formula is C17H21N3S2. The molecule has 0 spiro atoms. The van der Waals surface area contributed by atoms with Crippen LogP contribution < -0.4 is 5.32 Å². The fourth-order valence-corrected chi connectivity index (χ4v) is 2.88. The zero-order valence-corrected chi connectivity index (χ0v) is 14.8. The van der Waals surface area contributed by atoms with Crippen LogP contribution in [0, 0.1) is 0 Å². The van der Waals surface area contributed by atoms with Crippen LogP contribution in [0.3, 0.4) is 0 Å². The SMILES string of the molecule is CCc1cccc(CC)c1NC(=S)N(C)/N=C/c1cccs1. The third kappa shape index (κ3) is 4.15. The van der Waals surface area contributed by atoms with Gasteiger partial charge in [-0.05, 0) is 47.6 Å². The Morgan fingerprint density at radius 1 is 1.23 bits per heavy atom. The zero-order chi connectivity index (χ0) is 15.9. The number of hydrogen-bond donors (Lipinski definition) is 1. The Hall–Kier alpha value is -1.72. The molecule has 2 rings (SSSR count). The first kappa shape index (κ1) is 16.6. The average molecular weight is 332 g/mol. The van der Waals surface area contributed by atoms with E-state index < -0.39 is 0 Å². The van der Waals surface area contributed by atoms with Gasteiger partial charge < -0.3 is 5.32 Å². The summed E-state index contributed by atoms with van der Waals surface area (Å²) >= 11 is 7.13. The quantitative estimate of drug-likeness (QED) is 0.495. The van der Waals surface area contributed by atoms with Gasteiger partial charge in [0.1, 0.15) is 0 Å². The number of anilines is 1. The molecule has 0 atom stereocenters. The summed E-state index contributed by atoms with van der Waals surface area (Å²) in [6.07, 6.45) is 3.77. The number of aryl methyl sites for hydroxylation is 2. The third-order valence-electron chi connectivity index (χ3n) is 3.43. The van der Waals surface area contributed by atoms with Crippen molar-refractivity contribution in [2.75, 3.05) is 12.4 Å². The van der Waals surface area contributed by atoms with Gasteiger partial charge >= 0.3 is 0 Å². The molecule has 0 radical (unpaired) electrons. The van der Waals surface area contributed by atoms with Crippen LogP contribution in [0.2, 0.25) is 0 Å². The van der Waals surface area contributed by atoms with E-state index in [9.17, 15) is 0 Å². The summed E-state index contributed by atoms with van der Waals surface area (Å²) in [4.78, 5) is 1.11. The topological polar surface area (TPSA) is 27.6 Å². The summed E-state index contributed by atoms with van der Waals surface area (Å²) in [7, 11) is 1.86. The van der Waals surface area contributed by atoms with E-state index in [0.29, 0.717) is 5.11 Å². The Bertz CT molecular complexity index is 626. The Balaban J connectivity index is 2.11. The van der Waals surface area contributed by atoms with E-state index >= 15 is 0 Å². The van der Waals surface area contributed by atoms with Crippen LogP contribution in [0.5, 0.6) is 0 Å². The van der Waals surface area contributed by atoms with Crippen LogP contribution in [0.4, 0.5) is 5.69 Å². The maximum atomic E-state index is 5.47. The van der Waals surface area contributed by atoms with Crippen LogP contribution in [0.15, 0.2) is 40.8 Å². The molecule has 0 aliphatic heterocycles. The maximum absolute atomic E-state index is 5.47. The van der Waals surface area contributed by atoms with Crippen LogP contribution >= 0.6 is 23.6 Å². The molecule has 1 aromatic heterocycles. The van der Waals surface area contributed by atoms with Crippen molar-refractivity contribution in [1.29, 1.82) is 0 Å². The summed E-state index contributed by atoms with van der Waals surface area (Å²) in [6, 6.07) is 10.4. The second-order valence-corrected chi connectivity index (χ2v) is 6.24. The molecule has 0 fully saturated rings. The fourth-order valence-electron chi connectivity index (χ4n) is 2.15. The van der Waals surface area contributed by atoms with Gasteiger partial charge in [-0.3, -0.25) is 0 Å². The van der Waals surface area contributed by atoms with Crippen LogP contribution in [0.1, 0.15) is 29.9 Å². The minimum atomic E-state index is 0.600. The van der Waals surface area contributed by atoms with Gasteiger partial charge in [0.2, 0.25) is 0 Å². The van der Waals surface area contributed by atoms with Crippen molar-refractivity contribution in [3.8, 4) is 0 Å². The zero-order valence-electron chi connectivity index (χ0n) is 13.2. The molecule has 0 saturated carbocycles. The average Bonchev–Trinajstić information content (AvgIpc) is 3.06. The minimum Gasteiger partial charge on any atom is -0.331 e. The lowest BCUT2D eigenvalue weighted by molar-refractivity contribution is 0.557. The highest BCUT2D eigenvalue weighted by molar-refractivity contribution is 7.80. The second-order valence-electron chi connectivity index (χ2n) is 4.87. The highest BCUT2D eigenvalue weighted by Crippen LogP contribution is 2.23. The third-order valence-corrected chi connectivity index (χ3v) is 4.60. The Morgan fingerprint density at radius 3 is 2.45 bits per heavy atom. The van der Waals surface area contributed by atoms with E-state index in [0.717, 1.165) is 23.4 Å². The smallest absolute Gasteiger partial charge is 0.193 e. The van der Waals surface area contributed by atoms with E-state index in [1.54, 1.807) is 16.3 Å². The van der Waals surface area contributed by atoms with Gasteiger partial charge in [-0.2, -0.15) is 5.10 Å². The summed E-state index contributed by atoms with van der Waals surface area (Å²) in [5, 5.41) is 12.1. The number of rotatable bonds is 5. The van der Waals surface area contributed by atoms with Crippen LogP contribution in [0.25, 0.3) is 0 Å². The molecule has 1 aromatic carbocycles. The molecule has 2 aromatic rings. The Labute approximate surface area is 141 Å². The normalized spacial score (nSPS) is 10.9. The number of nitrogens with one attached hydrogen (secondary N) is 1. The molecular weight excluding hydrogens is 310 g/mol. The number of benzene rings is 1. The van der Waals surface area contributed by atoms with Gasteiger partial charge in [0.15, 0.2) is 5.11 Å². The highest BCUT2D eigenvalue weighted by atomic mass is 32.1. The van der Waals surface area contributed by atoms with Gasteiger partial charge in [-0.25, -0.2) is 5.01 Å². The first-order valence-electron chi connectivity index (χ1n) is 7.38. The summed E-state index contributed by atoms with van der Waals surface area (Å²) in [5.74, 6) is 0. The van der Waals surface area contributed by atoms with Crippen molar-refractivity contribution in [1.82, 2.24) is 5.01 Å². The van der Waals surface area contributed by atoms with E-state index in [-0.39, 0.29) is 0 Å². The monoisotopic (exact) mass is 331 g/mol. The van der Waals surface area contributed by atoms with Crippen molar-refractivity contribution < 1.29 is 0 Å². The van der Waals surface area contributed by atoms with Crippen LogP contribution in [-0.2, 0) is 12.8 Å². The standard InChI is InChI=1S/C17H21N3S2/c1-4-13-8-6-9-14(5-2)16(13)19-17(21)20(3)18-12-15-10-7-11-22-15/h6-12H,4-5H2,1-3H3,(H,19,21)/b18-12+. The van der Waals surface area contributed by atoms with Crippen molar-refractivity contribution >= 4 is 40.6 Å². The summed E-state index contributed by atoms with van der Waals surface area (Å²) in [5.41, 5.74) is 3.67. The Kier molecular flexibility index (Phi) is 6.10. The molecule has 0 aliphatic carbocycles. The second kappa shape index (κ2) is 8.06. The van der Waals surface area contributed by atoms with E-state index in [1.807, 2.05) is 30.8 Å². The number of hydrogen-bond acceptors (Lipinski definition) is 3. The molecule has 0 bridgehead atoms. The van der Waals surface area contributed by atoms with E-state index in [1.165, 1.54) is 11.1 Å². The molecule has 22 heavy (non-hydrogen) atoms. The molecule has 1 heterocycles. The van der Waals surface area contributed by atoms with Crippen molar-refractivity contribution in [2.24, 2.45) is 5.10 Å². The number of hydrazone groups is 1. The molecule has 0 unspecified atom stereocenters. The van der Waals surface area contributed by atoms with E-state index in [2.05, 4.69) is 42.5 Å². The van der Waals surface area contributed by atoms with Crippen molar-refractivity contribution in [3.05, 3.63) is 51.7 Å². The minimum absolute atomic E-state index is 0.600. The summed E-state index contributed by atoms with van der Waals surface area (Å²) in [6.45, 7) is 4.31. The van der Waals surface area contributed by atoms with E-state index in [4.69, 9.17) is 12.2 Å². The molecule has 0 amide bonds. The molecule has 116 valence electrons. The molecule has 3 nitrogen and oxygen atoms in total. The number of thiocarbonyl (C=S) groups is 1. The number of nitrogens with zero attached hydrogens (tertiary/aromatic N) is 2. The molecule has 0 saturated heterocycles. The highest BCUT2D eigenvalue weighted by Gasteiger charge is 2.10. The van der Waals surface area contributed by atoms with Gasteiger partial charge in [0.25, 0.3) is 0 Å². The van der Waals surface area contributed by atoms with Gasteiger partial charge in [-0.15, -0.1) is 11.3 Å². The van der Waals surface area contributed by atoms with Gasteiger partial charge in [-0.1, -0.05) is 38.1 Å². The van der Waals surface area contributed by atoms with Gasteiger partial charge in [0.05, 0.1) is 6.21 Å². The molecule has 0 aliphatic rings. The predicted octanol–water partition coefficient (Wildman–Crippen LogP) is 4.54. The lowest BCUT2D eigenvalue weighted by Gasteiger charge is -2.19. The lowest BCUT2D eigenvalue weighted by Crippen LogP contribution is -2.27. The van der Waals surface area contributed by atoms with Crippen molar-refractivity contribution in [3.63, 3.8) is 0 Å². The lowest BCUT2D eigenvalue weighted by atomic mass is 10.0.